The highest BCUT2D eigenvalue weighted by Gasteiger charge is 2.45. The fourth-order valence-corrected chi connectivity index (χ4v) is 6.71. The van der Waals surface area contributed by atoms with E-state index in [0.717, 1.165) is 28.5 Å². The molecule has 1 saturated heterocycles. The topological polar surface area (TPSA) is 104 Å². The third-order valence-electron chi connectivity index (χ3n) is 6.02. The second kappa shape index (κ2) is 10.7. The fourth-order valence-electron chi connectivity index (χ4n) is 4.44. The highest BCUT2D eigenvalue weighted by molar-refractivity contribution is 8.14. The number of carboxylic acid groups (broad SMARTS) is 1. The molecule has 1 fully saturated rings. The third-order valence-corrected chi connectivity index (χ3v) is 8.29. The Balaban J connectivity index is 1.56. The number of carbonyl (C=O) groups excluding carboxylic acids is 3. The van der Waals surface area contributed by atoms with Gasteiger partial charge in [0, 0.05) is 13.3 Å². The second-order valence-electron chi connectivity index (χ2n) is 8.36. The first-order chi connectivity index (χ1) is 16.3. The van der Waals surface area contributed by atoms with Crippen LogP contribution in [-0.4, -0.2) is 56.0 Å². The first kappa shape index (κ1) is 24.3. The molecule has 2 heterocycles. The standard InChI is InChI=1S/C25H26N2O5S2/c1-15(28)34-21(13-16-7-3-2-4-8-16)22(29)26-19-11-12-33-24-18-10-6-5-9-17(18)14-20(25(31)32)27(24)23(19)30/h2-10,19-21,24H,11-14H2,1H3,(H,26,29)(H,31,32)/t19-,20-,21?,24-/m0/s1. The smallest absolute Gasteiger partial charge is 0.326 e. The number of fused-ring (bicyclic) bond motifs is 3. The Morgan fingerprint density at radius 2 is 1.85 bits per heavy atom. The van der Waals surface area contributed by atoms with Crippen LogP contribution in [0.15, 0.2) is 54.6 Å². The summed E-state index contributed by atoms with van der Waals surface area (Å²) in [7, 11) is 0. The van der Waals surface area contributed by atoms with E-state index in [-0.39, 0.29) is 11.5 Å². The molecule has 2 aromatic rings. The Bertz CT molecular complexity index is 1090. The molecule has 0 bridgehead atoms. The molecule has 4 atom stereocenters. The SMILES string of the molecule is CC(=O)SC(Cc1ccccc1)C(=O)N[C@H]1CCS[C@H]2c3ccccc3C[C@@H](C(=O)O)N2C1=O. The minimum absolute atomic E-state index is 0.183. The molecule has 34 heavy (non-hydrogen) atoms. The summed E-state index contributed by atoms with van der Waals surface area (Å²) in [5.74, 6) is -1.26. The fraction of sp³-hybridized carbons (Fsp3) is 0.360. The zero-order valence-electron chi connectivity index (χ0n) is 18.7. The van der Waals surface area contributed by atoms with Gasteiger partial charge in [-0.3, -0.25) is 14.4 Å². The van der Waals surface area contributed by atoms with E-state index in [1.807, 2.05) is 54.6 Å². The van der Waals surface area contributed by atoms with E-state index in [0.29, 0.717) is 18.6 Å². The lowest BCUT2D eigenvalue weighted by Crippen LogP contribution is -2.56. The highest BCUT2D eigenvalue weighted by atomic mass is 32.2. The molecule has 2 aliphatic rings. The van der Waals surface area contributed by atoms with Gasteiger partial charge in [-0.2, -0.15) is 0 Å². The maximum Gasteiger partial charge on any atom is 0.326 e. The van der Waals surface area contributed by atoms with Gasteiger partial charge >= 0.3 is 5.97 Å². The van der Waals surface area contributed by atoms with E-state index in [2.05, 4.69) is 5.32 Å². The number of aliphatic carboxylic acids is 1. The highest BCUT2D eigenvalue weighted by Crippen LogP contribution is 2.43. The Morgan fingerprint density at radius 3 is 2.56 bits per heavy atom. The number of benzene rings is 2. The number of thioether (sulfide) groups is 2. The van der Waals surface area contributed by atoms with Gasteiger partial charge in [0.05, 0.1) is 5.25 Å². The lowest BCUT2D eigenvalue weighted by Gasteiger charge is -2.40. The van der Waals surface area contributed by atoms with Gasteiger partial charge in [0.1, 0.15) is 17.5 Å². The maximum absolute atomic E-state index is 13.6. The van der Waals surface area contributed by atoms with Crippen LogP contribution in [0.5, 0.6) is 0 Å². The molecule has 2 aromatic carbocycles. The van der Waals surface area contributed by atoms with Crippen LogP contribution < -0.4 is 5.32 Å². The number of hydrogen-bond donors (Lipinski definition) is 2. The molecule has 2 aliphatic heterocycles. The molecule has 178 valence electrons. The largest absolute Gasteiger partial charge is 0.480 e. The molecular formula is C25H26N2O5S2. The van der Waals surface area contributed by atoms with Crippen LogP contribution in [0.3, 0.4) is 0 Å². The van der Waals surface area contributed by atoms with E-state index < -0.39 is 40.5 Å². The number of nitrogens with zero attached hydrogens (tertiary/aromatic N) is 1. The molecule has 0 saturated carbocycles. The van der Waals surface area contributed by atoms with Crippen molar-refractivity contribution in [1.82, 2.24) is 10.2 Å². The maximum atomic E-state index is 13.6. The predicted molar refractivity (Wildman–Crippen MR) is 132 cm³/mol. The third kappa shape index (κ3) is 5.31. The van der Waals surface area contributed by atoms with Gasteiger partial charge < -0.3 is 15.3 Å². The van der Waals surface area contributed by atoms with Crippen LogP contribution in [0.4, 0.5) is 0 Å². The molecule has 2 N–H and O–H groups in total. The van der Waals surface area contributed by atoms with Crippen LogP contribution >= 0.6 is 23.5 Å². The molecule has 1 unspecified atom stereocenters. The monoisotopic (exact) mass is 498 g/mol. The van der Waals surface area contributed by atoms with Crippen LogP contribution in [-0.2, 0) is 32.0 Å². The number of hydrogen-bond acceptors (Lipinski definition) is 6. The van der Waals surface area contributed by atoms with Gasteiger partial charge in [0.25, 0.3) is 0 Å². The van der Waals surface area contributed by atoms with Crippen molar-refractivity contribution in [3.63, 3.8) is 0 Å². The zero-order chi connectivity index (χ0) is 24.2. The number of carboxylic acids is 1. The Labute approximate surface area is 206 Å². The molecule has 9 heteroatoms. The normalized spacial score (nSPS) is 22.7. The zero-order valence-corrected chi connectivity index (χ0v) is 20.3. The lowest BCUT2D eigenvalue weighted by atomic mass is 9.93. The first-order valence-electron chi connectivity index (χ1n) is 11.1. The van der Waals surface area contributed by atoms with Crippen LogP contribution in [0, 0.1) is 0 Å². The summed E-state index contributed by atoms with van der Waals surface area (Å²) in [4.78, 5) is 52.2. The predicted octanol–water partition coefficient (Wildman–Crippen LogP) is 3.04. The van der Waals surface area contributed by atoms with Crippen molar-refractivity contribution in [2.45, 2.75) is 48.9 Å². The summed E-state index contributed by atoms with van der Waals surface area (Å²) in [6.07, 6.45) is 0.968. The molecule has 0 radical (unpaired) electrons. The van der Waals surface area contributed by atoms with Crippen molar-refractivity contribution in [2.75, 3.05) is 5.75 Å². The number of carbonyl (C=O) groups is 4. The van der Waals surface area contributed by atoms with Crippen molar-refractivity contribution in [3.8, 4) is 0 Å². The van der Waals surface area contributed by atoms with E-state index in [9.17, 15) is 24.3 Å². The van der Waals surface area contributed by atoms with Crippen molar-refractivity contribution in [2.24, 2.45) is 0 Å². The van der Waals surface area contributed by atoms with Crippen molar-refractivity contribution >= 4 is 46.4 Å². The molecule has 2 amide bonds. The Hall–Kier alpha value is -2.78. The van der Waals surface area contributed by atoms with Gasteiger partial charge in [0.15, 0.2) is 5.12 Å². The summed E-state index contributed by atoms with van der Waals surface area (Å²) in [6, 6.07) is 15.2. The van der Waals surface area contributed by atoms with Gasteiger partial charge in [0.2, 0.25) is 11.8 Å². The average molecular weight is 499 g/mol. The van der Waals surface area contributed by atoms with Gasteiger partial charge in [-0.25, -0.2) is 4.79 Å². The van der Waals surface area contributed by atoms with Crippen LogP contribution in [0.1, 0.15) is 35.4 Å². The number of amides is 2. The van der Waals surface area contributed by atoms with E-state index in [1.54, 1.807) is 0 Å². The van der Waals surface area contributed by atoms with Crippen molar-refractivity contribution in [3.05, 3.63) is 71.3 Å². The van der Waals surface area contributed by atoms with Gasteiger partial charge in [-0.15, -0.1) is 11.8 Å². The summed E-state index contributed by atoms with van der Waals surface area (Å²) < 4.78 is 0. The minimum Gasteiger partial charge on any atom is -0.480 e. The number of nitrogens with one attached hydrogen (secondary N) is 1. The van der Waals surface area contributed by atoms with E-state index in [4.69, 9.17) is 0 Å². The number of rotatable bonds is 6. The summed E-state index contributed by atoms with van der Waals surface area (Å²) >= 11 is 2.46. The average Bonchev–Trinajstić information content (AvgIpc) is 2.97. The second-order valence-corrected chi connectivity index (χ2v) is 10.9. The van der Waals surface area contributed by atoms with Crippen molar-refractivity contribution < 1.29 is 24.3 Å². The Morgan fingerprint density at radius 1 is 1.15 bits per heavy atom. The van der Waals surface area contributed by atoms with E-state index >= 15 is 0 Å². The van der Waals surface area contributed by atoms with Crippen LogP contribution in [0.25, 0.3) is 0 Å². The quantitative estimate of drug-likeness (QED) is 0.631. The lowest BCUT2D eigenvalue weighted by molar-refractivity contribution is -0.152. The first-order valence-corrected chi connectivity index (χ1v) is 13.0. The molecule has 0 spiro atoms. The van der Waals surface area contributed by atoms with Gasteiger partial charge in [-0.05, 0) is 35.3 Å². The van der Waals surface area contributed by atoms with Gasteiger partial charge in [-0.1, -0.05) is 66.4 Å². The minimum atomic E-state index is -1.06. The molecule has 4 rings (SSSR count). The van der Waals surface area contributed by atoms with Crippen LogP contribution in [0.2, 0.25) is 0 Å². The summed E-state index contributed by atoms with van der Waals surface area (Å²) in [5.41, 5.74) is 2.79. The Kier molecular flexibility index (Phi) is 7.63. The molecule has 0 aromatic heterocycles. The molecule has 0 aliphatic carbocycles. The summed E-state index contributed by atoms with van der Waals surface area (Å²) in [5, 5.41) is 11.5. The van der Waals surface area contributed by atoms with E-state index in [1.165, 1.54) is 23.6 Å². The molecular weight excluding hydrogens is 472 g/mol. The van der Waals surface area contributed by atoms with Crippen molar-refractivity contribution in [1.29, 1.82) is 0 Å². The summed E-state index contributed by atoms with van der Waals surface area (Å²) in [6.45, 7) is 1.41. The molecule has 7 nitrogen and oxygen atoms in total.